The van der Waals surface area contributed by atoms with Crippen LogP contribution in [0.5, 0.6) is 5.75 Å². The fraction of sp³-hybridized carbons (Fsp3) is 0.353. The molecule has 0 heterocycles. The lowest BCUT2D eigenvalue weighted by atomic mass is 10.0. The minimum atomic E-state index is -0.117. The van der Waals surface area contributed by atoms with E-state index in [0.717, 1.165) is 22.1 Å². The first kappa shape index (κ1) is 15.3. The molecule has 3 N–H and O–H groups in total. The summed E-state index contributed by atoms with van der Waals surface area (Å²) in [7, 11) is 0. The number of hydrogen-bond acceptors (Lipinski definition) is 3. The second kappa shape index (κ2) is 7.09. The zero-order valence-corrected chi connectivity index (χ0v) is 12.6. The summed E-state index contributed by atoms with van der Waals surface area (Å²) < 4.78 is 5.89. The molecular formula is C17H22N2O2. The predicted octanol–water partition coefficient (Wildman–Crippen LogP) is 2.76. The molecule has 1 atom stereocenters. The van der Waals surface area contributed by atoms with Crippen molar-refractivity contribution in [3.05, 3.63) is 42.0 Å². The average molecular weight is 286 g/mol. The summed E-state index contributed by atoms with van der Waals surface area (Å²) in [6.45, 7) is 4.82. The van der Waals surface area contributed by atoms with Crippen LogP contribution in [-0.2, 0) is 4.79 Å². The van der Waals surface area contributed by atoms with E-state index < -0.39 is 0 Å². The van der Waals surface area contributed by atoms with Crippen molar-refractivity contribution >= 4 is 16.7 Å². The first-order valence-electron chi connectivity index (χ1n) is 7.30. The highest BCUT2D eigenvalue weighted by molar-refractivity contribution is 5.89. The standard InChI is InChI=1S/C17H22N2O2/c1-3-19-16(20)10-11-21-17-14(12(2)18)9-8-13-6-4-5-7-15(13)17/h4-9,12H,3,10-11,18H2,1-2H3,(H,19,20)/t12-/m1/s1. The van der Waals surface area contributed by atoms with Gasteiger partial charge in [-0.2, -0.15) is 0 Å². The van der Waals surface area contributed by atoms with E-state index >= 15 is 0 Å². The van der Waals surface area contributed by atoms with E-state index in [2.05, 4.69) is 5.32 Å². The van der Waals surface area contributed by atoms with Gasteiger partial charge in [-0.3, -0.25) is 4.79 Å². The first-order valence-corrected chi connectivity index (χ1v) is 7.30. The van der Waals surface area contributed by atoms with E-state index in [0.29, 0.717) is 19.6 Å². The molecule has 2 aromatic carbocycles. The normalized spacial score (nSPS) is 12.1. The Bertz CT molecular complexity index is 623. The predicted molar refractivity (Wildman–Crippen MR) is 85.3 cm³/mol. The van der Waals surface area contributed by atoms with Crippen molar-refractivity contribution in [1.82, 2.24) is 5.32 Å². The molecular weight excluding hydrogens is 264 g/mol. The number of nitrogens with two attached hydrogens (primary N) is 1. The maximum absolute atomic E-state index is 11.5. The molecule has 0 radical (unpaired) electrons. The average Bonchev–Trinajstić information content (AvgIpc) is 2.47. The van der Waals surface area contributed by atoms with Crippen molar-refractivity contribution in [2.24, 2.45) is 5.73 Å². The van der Waals surface area contributed by atoms with Crippen molar-refractivity contribution in [3.8, 4) is 5.75 Å². The Morgan fingerprint density at radius 1 is 1.29 bits per heavy atom. The van der Waals surface area contributed by atoms with Crippen molar-refractivity contribution in [3.63, 3.8) is 0 Å². The van der Waals surface area contributed by atoms with Crippen LogP contribution in [0, 0.1) is 0 Å². The third kappa shape index (κ3) is 3.73. The Morgan fingerprint density at radius 2 is 2.05 bits per heavy atom. The molecule has 0 saturated heterocycles. The Morgan fingerprint density at radius 3 is 2.76 bits per heavy atom. The van der Waals surface area contributed by atoms with Crippen molar-refractivity contribution in [2.75, 3.05) is 13.2 Å². The SMILES string of the molecule is CCNC(=O)CCOc1c([C@@H](C)N)ccc2ccccc12. The molecule has 2 aromatic rings. The Balaban J connectivity index is 2.23. The fourth-order valence-electron chi connectivity index (χ4n) is 2.31. The number of fused-ring (bicyclic) bond motifs is 1. The largest absolute Gasteiger partial charge is 0.492 e. The smallest absolute Gasteiger partial charge is 0.223 e. The van der Waals surface area contributed by atoms with Crippen LogP contribution in [0.1, 0.15) is 31.9 Å². The summed E-state index contributed by atoms with van der Waals surface area (Å²) in [6.07, 6.45) is 0.343. The molecule has 0 aliphatic rings. The van der Waals surface area contributed by atoms with Crippen molar-refractivity contribution in [1.29, 1.82) is 0 Å². The lowest BCUT2D eigenvalue weighted by Crippen LogP contribution is -2.24. The lowest BCUT2D eigenvalue weighted by Gasteiger charge is -2.16. The fourth-order valence-corrected chi connectivity index (χ4v) is 2.31. The molecule has 112 valence electrons. The van der Waals surface area contributed by atoms with Crippen LogP contribution >= 0.6 is 0 Å². The van der Waals surface area contributed by atoms with Crippen LogP contribution in [0.4, 0.5) is 0 Å². The second-order valence-corrected chi connectivity index (χ2v) is 5.05. The van der Waals surface area contributed by atoms with Gasteiger partial charge in [0.1, 0.15) is 5.75 Å². The van der Waals surface area contributed by atoms with E-state index in [-0.39, 0.29) is 11.9 Å². The van der Waals surface area contributed by atoms with Gasteiger partial charge in [-0.05, 0) is 19.2 Å². The summed E-state index contributed by atoms with van der Waals surface area (Å²) in [6, 6.07) is 11.9. The number of carbonyl (C=O) groups excluding carboxylic acids is 1. The number of ether oxygens (including phenoxy) is 1. The summed E-state index contributed by atoms with van der Waals surface area (Å²) in [4.78, 5) is 11.5. The van der Waals surface area contributed by atoms with E-state index in [4.69, 9.17) is 10.5 Å². The third-order valence-electron chi connectivity index (χ3n) is 3.35. The molecule has 0 saturated carbocycles. The minimum absolute atomic E-state index is 0.0000774. The number of nitrogens with one attached hydrogen (secondary N) is 1. The molecule has 0 unspecified atom stereocenters. The van der Waals surface area contributed by atoms with E-state index in [9.17, 15) is 4.79 Å². The Labute approximate surface area is 125 Å². The van der Waals surface area contributed by atoms with Gasteiger partial charge < -0.3 is 15.8 Å². The zero-order chi connectivity index (χ0) is 15.2. The molecule has 0 aliphatic carbocycles. The van der Waals surface area contributed by atoms with Crippen LogP contribution in [0.25, 0.3) is 10.8 Å². The number of carbonyl (C=O) groups is 1. The molecule has 0 aliphatic heterocycles. The Kier molecular flexibility index (Phi) is 5.17. The summed E-state index contributed by atoms with van der Waals surface area (Å²) >= 11 is 0. The van der Waals surface area contributed by atoms with Crippen molar-refractivity contribution in [2.45, 2.75) is 26.3 Å². The molecule has 1 amide bonds. The van der Waals surface area contributed by atoms with Crippen LogP contribution < -0.4 is 15.8 Å². The minimum Gasteiger partial charge on any atom is -0.492 e. The molecule has 2 rings (SSSR count). The maximum atomic E-state index is 11.5. The van der Waals surface area contributed by atoms with Crippen molar-refractivity contribution < 1.29 is 9.53 Å². The van der Waals surface area contributed by atoms with Gasteiger partial charge in [0, 0.05) is 23.5 Å². The number of amides is 1. The maximum Gasteiger partial charge on any atom is 0.223 e. The van der Waals surface area contributed by atoms with Gasteiger partial charge in [0.2, 0.25) is 5.91 Å². The molecule has 0 spiro atoms. The summed E-state index contributed by atoms with van der Waals surface area (Å²) in [5, 5.41) is 4.90. The van der Waals surface area contributed by atoms with E-state index in [1.165, 1.54) is 0 Å². The monoisotopic (exact) mass is 286 g/mol. The number of benzene rings is 2. The van der Waals surface area contributed by atoms with Gasteiger partial charge >= 0.3 is 0 Å². The van der Waals surface area contributed by atoms with Gasteiger partial charge in [0.05, 0.1) is 13.0 Å². The molecule has 0 bridgehead atoms. The molecule has 0 aromatic heterocycles. The summed E-state index contributed by atoms with van der Waals surface area (Å²) in [5.41, 5.74) is 6.99. The highest BCUT2D eigenvalue weighted by atomic mass is 16.5. The molecule has 21 heavy (non-hydrogen) atoms. The Hall–Kier alpha value is -2.07. The van der Waals surface area contributed by atoms with E-state index in [1.807, 2.05) is 50.2 Å². The summed E-state index contributed by atoms with van der Waals surface area (Å²) in [5.74, 6) is 0.785. The van der Waals surface area contributed by atoms with Gasteiger partial charge in [-0.1, -0.05) is 36.4 Å². The van der Waals surface area contributed by atoms with Crippen LogP contribution in [0.2, 0.25) is 0 Å². The topological polar surface area (TPSA) is 64.3 Å². The third-order valence-corrected chi connectivity index (χ3v) is 3.35. The quantitative estimate of drug-likeness (QED) is 0.858. The van der Waals surface area contributed by atoms with Gasteiger partial charge in [0.15, 0.2) is 0 Å². The number of rotatable bonds is 6. The van der Waals surface area contributed by atoms with Crippen LogP contribution in [-0.4, -0.2) is 19.1 Å². The van der Waals surface area contributed by atoms with Gasteiger partial charge in [0.25, 0.3) is 0 Å². The second-order valence-electron chi connectivity index (χ2n) is 5.05. The lowest BCUT2D eigenvalue weighted by molar-refractivity contribution is -0.121. The highest BCUT2D eigenvalue weighted by Crippen LogP contribution is 2.32. The van der Waals surface area contributed by atoms with E-state index in [1.54, 1.807) is 0 Å². The van der Waals surface area contributed by atoms with Crippen LogP contribution in [0.15, 0.2) is 36.4 Å². The van der Waals surface area contributed by atoms with Crippen LogP contribution in [0.3, 0.4) is 0 Å². The highest BCUT2D eigenvalue weighted by Gasteiger charge is 2.12. The van der Waals surface area contributed by atoms with Gasteiger partial charge in [-0.15, -0.1) is 0 Å². The first-order chi connectivity index (χ1) is 10.1. The molecule has 0 fully saturated rings. The molecule has 4 nitrogen and oxygen atoms in total. The molecule has 4 heteroatoms. The zero-order valence-electron chi connectivity index (χ0n) is 12.6. The van der Waals surface area contributed by atoms with Gasteiger partial charge in [-0.25, -0.2) is 0 Å². The number of hydrogen-bond donors (Lipinski definition) is 2.